The Morgan fingerprint density at radius 1 is 1.30 bits per heavy atom. The van der Waals surface area contributed by atoms with Gasteiger partial charge < -0.3 is 9.88 Å². The summed E-state index contributed by atoms with van der Waals surface area (Å²) in [5.41, 5.74) is 4.60. The van der Waals surface area contributed by atoms with Crippen LogP contribution in [0.3, 0.4) is 0 Å². The van der Waals surface area contributed by atoms with E-state index in [9.17, 15) is 4.79 Å². The Hall–Kier alpha value is -2.04. The summed E-state index contributed by atoms with van der Waals surface area (Å²) in [7, 11) is 1.83. The molecule has 5 heteroatoms. The average molecular weight is 272 g/mol. The Labute approximate surface area is 118 Å². The first-order valence-electron chi connectivity index (χ1n) is 6.84. The minimum Gasteiger partial charge on any atom is -0.345 e. The van der Waals surface area contributed by atoms with E-state index in [-0.39, 0.29) is 11.3 Å². The highest BCUT2D eigenvalue weighted by molar-refractivity contribution is 5.97. The van der Waals surface area contributed by atoms with Crippen molar-refractivity contribution >= 4 is 5.91 Å². The zero-order valence-corrected chi connectivity index (χ0v) is 12.6. The molecule has 0 saturated carbocycles. The summed E-state index contributed by atoms with van der Waals surface area (Å²) < 4.78 is 3.85. The van der Waals surface area contributed by atoms with Crippen molar-refractivity contribution < 1.29 is 4.79 Å². The van der Waals surface area contributed by atoms with Crippen molar-refractivity contribution in [3.05, 3.63) is 34.9 Å². The molecule has 2 aromatic heterocycles. The molecule has 1 amide bonds. The fourth-order valence-electron chi connectivity index (χ4n) is 2.79. The van der Waals surface area contributed by atoms with Gasteiger partial charge in [-0.05, 0) is 19.1 Å². The maximum Gasteiger partial charge on any atom is 0.272 e. The predicted octanol–water partition coefficient (Wildman–Crippen LogP) is 2.06. The number of aryl methyl sites for hydroxylation is 2. The zero-order valence-electron chi connectivity index (χ0n) is 12.6. The molecular weight excluding hydrogens is 252 g/mol. The van der Waals surface area contributed by atoms with E-state index in [1.54, 1.807) is 4.68 Å². The van der Waals surface area contributed by atoms with E-state index < -0.39 is 0 Å². The first kappa shape index (κ1) is 13.0. The normalized spacial score (nSPS) is 14.6. The van der Waals surface area contributed by atoms with Crippen molar-refractivity contribution in [2.24, 2.45) is 7.05 Å². The molecule has 0 fully saturated rings. The van der Waals surface area contributed by atoms with Gasteiger partial charge in [-0.25, -0.2) is 0 Å². The second-order valence-electron chi connectivity index (χ2n) is 6.40. The van der Waals surface area contributed by atoms with Gasteiger partial charge in [0.15, 0.2) is 0 Å². The summed E-state index contributed by atoms with van der Waals surface area (Å²) in [6.07, 6.45) is 0. The largest absolute Gasteiger partial charge is 0.345 e. The first-order valence-corrected chi connectivity index (χ1v) is 6.84. The van der Waals surface area contributed by atoms with Crippen molar-refractivity contribution in [2.75, 3.05) is 0 Å². The SMILES string of the molecule is Cc1ccc2n1-c1c(C(C)(C)C)nn(C)c1C(=O)NC2. The Morgan fingerprint density at radius 2 is 2.00 bits per heavy atom. The summed E-state index contributed by atoms with van der Waals surface area (Å²) in [5.74, 6) is -0.0615. The van der Waals surface area contributed by atoms with Gasteiger partial charge in [0.1, 0.15) is 11.4 Å². The smallest absolute Gasteiger partial charge is 0.272 e. The van der Waals surface area contributed by atoms with Crippen LogP contribution in [0, 0.1) is 6.92 Å². The molecule has 0 bridgehead atoms. The van der Waals surface area contributed by atoms with Crippen LogP contribution >= 0.6 is 0 Å². The number of hydrogen-bond donors (Lipinski definition) is 1. The molecule has 2 aromatic rings. The van der Waals surface area contributed by atoms with Gasteiger partial charge in [0.2, 0.25) is 0 Å². The van der Waals surface area contributed by atoms with E-state index in [0.717, 1.165) is 22.8 Å². The van der Waals surface area contributed by atoms with Crippen LogP contribution in [0.15, 0.2) is 12.1 Å². The molecule has 5 nitrogen and oxygen atoms in total. The summed E-state index contributed by atoms with van der Waals surface area (Å²) in [4.78, 5) is 12.4. The van der Waals surface area contributed by atoms with Crippen molar-refractivity contribution in [1.82, 2.24) is 19.7 Å². The quantitative estimate of drug-likeness (QED) is 0.798. The number of fused-ring (bicyclic) bond motifs is 3. The third-order valence-corrected chi connectivity index (χ3v) is 3.76. The Kier molecular flexibility index (Phi) is 2.58. The molecule has 0 saturated heterocycles. The summed E-state index contributed by atoms with van der Waals surface area (Å²) in [5, 5.41) is 7.57. The highest BCUT2D eigenvalue weighted by atomic mass is 16.2. The topological polar surface area (TPSA) is 51.9 Å². The second kappa shape index (κ2) is 3.98. The number of nitrogens with one attached hydrogen (secondary N) is 1. The van der Waals surface area contributed by atoms with Crippen LogP contribution in [0.5, 0.6) is 0 Å². The minimum atomic E-state index is -0.121. The van der Waals surface area contributed by atoms with Crippen molar-refractivity contribution in [3.63, 3.8) is 0 Å². The Balaban J connectivity index is 2.42. The van der Waals surface area contributed by atoms with Gasteiger partial charge in [-0.1, -0.05) is 20.8 Å². The van der Waals surface area contributed by atoms with E-state index in [0.29, 0.717) is 12.2 Å². The standard InChI is InChI=1S/C15H20N4O/c1-9-6-7-10-8-16-14(20)12-11(19(9)10)13(15(2,3)4)17-18(12)5/h6-7H,8H2,1-5H3,(H,16,20). The molecule has 0 aliphatic carbocycles. The molecule has 1 N–H and O–H groups in total. The fraction of sp³-hybridized carbons (Fsp3) is 0.467. The number of nitrogens with zero attached hydrogens (tertiary/aromatic N) is 3. The van der Waals surface area contributed by atoms with Gasteiger partial charge in [0, 0.05) is 23.9 Å². The van der Waals surface area contributed by atoms with Crippen LogP contribution < -0.4 is 5.32 Å². The van der Waals surface area contributed by atoms with E-state index in [4.69, 9.17) is 0 Å². The highest BCUT2D eigenvalue weighted by Gasteiger charge is 2.32. The minimum absolute atomic E-state index is 0.0615. The lowest BCUT2D eigenvalue weighted by molar-refractivity contribution is 0.0943. The van der Waals surface area contributed by atoms with Crippen LogP contribution in [-0.2, 0) is 19.0 Å². The number of amides is 1. The summed E-state index contributed by atoms with van der Waals surface area (Å²) in [6, 6.07) is 4.14. The van der Waals surface area contributed by atoms with Gasteiger partial charge in [-0.3, -0.25) is 9.48 Å². The lowest BCUT2D eigenvalue weighted by Gasteiger charge is -2.19. The van der Waals surface area contributed by atoms with Crippen LogP contribution in [0.4, 0.5) is 0 Å². The Bertz CT molecular complexity index is 700. The monoisotopic (exact) mass is 272 g/mol. The molecule has 20 heavy (non-hydrogen) atoms. The molecule has 0 radical (unpaired) electrons. The maximum atomic E-state index is 12.4. The van der Waals surface area contributed by atoms with E-state index in [1.807, 2.05) is 7.05 Å². The van der Waals surface area contributed by atoms with Crippen LogP contribution in [0.1, 0.15) is 48.3 Å². The van der Waals surface area contributed by atoms with Gasteiger partial charge in [-0.15, -0.1) is 0 Å². The number of aromatic nitrogens is 3. The maximum absolute atomic E-state index is 12.4. The molecule has 3 heterocycles. The van der Waals surface area contributed by atoms with E-state index in [2.05, 4.69) is 54.8 Å². The number of rotatable bonds is 0. The zero-order chi connectivity index (χ0) is 14.7. The van der Waals surface area contributed by atoms with Gasteiger partial charge in [-0.2, -0.15) is 5.10 Å². The fourth-order valence-corrected chi connectivity index (χ4v) is 2.79. The average Bonchev–Trinajstić information content (AvgIpc) is 2.81. The van der Waals surface area contributed by atoms with Crippen LogP contribution in [0.25, 0.3) is 5.69 Å². The second-order valence-corrected chi connectivity index (χ2v) is 6.40. The molecule has 0 unspecified atom stereocenters. The number of carbonyl (C=O) groups is 1. The van der Waals surface area contributed by atoms with Crippen molar-refractivity contribution in [1.29, 1.82) is 0 Å². The molecule has 0 aromatic carbocycles. The highest BCUT2D eigenvalue weighted by Crippen LogP contribution is 2.33. The predicted molar refractivity (Wildman–Crippen MR) is 77.1 cm³/mol. The molecule has 1 aliphatic rings. The first-order chi connectivity index (χ1) is 9.30. The van der Waals surface area contributed by atoms with Gasteiger partial charge in [0.25, 0.3) is 5.91 Å². The summed E-state index contributed by atoms with van der Waals surface area (Å²) in [6.45, 7) is 8.97. The molecule has 1 aliphatic heterocycles. The van der Waals surface area contributed by atoms with Crippen LogP contribution in [0.2, 0.25) is 0 Å². The summed E-state index contributed by atoms with van der Waals surface area (Å²) >= 11 is 0. The lowest BCUT2D eigenvalue weighted by atomic mass is 9.90. The molecule has 0 spiro atoms. The molecule has 0 atom stereocenters. The lowest BCUT2D eigenvalue weighted by Crippen LogP contribution is -2.23. The van der Waals surface area contributed by atoms with E-state index >= 15 is 0 Å². The number of carbonyl (C=O) groups excluding carboxylic acids is 1. The van der Waals surface area contributed by atoms with Gasteiger partial charge >= 0.3 is 0 Å². The third kappa shape index (κ3) is 1.69. The van der Waals surface area contributed by atoms with Crippen molar-refractivity contribution in [2.45, 2.75) is 39.7 Å². The van der Waals surface area contributed by atoms with E-state index in [1.165, 1.54) is 0 Å². The third-order valence-electron chi connectivity index (χ3n) is 3.76. The molecule has 3 rings (SSSR count). The van der Waals surface area contributed by atoms with Crippen LogP contribution in [-0.4, -0.2) is 20.3 Å². The van der Waals surface area contributed by atoms with Gasteiger partial charge in [0.05, 0.1) is 12.2 Å². The number of hydrogen-bond acceptors (Lipinski definition) is 2. The Morgan fingerprint density at radius 3 is 2.65 bits per heavy atom. The van der Waals surface area contributed by atoms with Crippen molar-refractivity contribution in [3.8, 4) is 5.69 Å². The molecular formula is C15H20N4O. The molecule has 106 valence electrons.